The van der Waals surface area contributed by atoms with E-state index >= 15 is 0 Å². The normalized spacial score (nSPS) is 11.8. The zero-order valence-corrected chi connectivity index (χ0v) is 29.1. The van der Waals surface area contributed by atoms with Gasteiger partial charge in [0.05, 0.1) is 22.8 Å². The molecular formula is C44H34N6Ni+4. The van der Waals surface area contributed by atoms with Crippen molar-refractivity contribution in [3.63, 3.8) is 0 Å². The molecule has 0 amide bonds. The largest absolute Gasteiger partial charge is 2.00 e. The van der Waals surface area contributed by atoms with Crippen LogP contribution in [0, 0.1) is 0 Å². The number of hydrogen-bond acceptors (Lipinski definition) is 2. The van der Waals surface area contributed by atoms with Crippen molar-refractivity contribution in [2.45, 2.75) is 0 Å². The van der Waals surface area contributed by atoms with Crippen molar-refractivity contribution in [3.8, 4) is 44.5 Å². The number of aromatic nitrogens is 6. The van der Waals surface area contributed by atoms with Crippen LogP contribution in [0.1, 0.15) is 22.8 Å². The number of aryl methyl sites for hydroxylation is 2. The molecule has 0 aliphatic carbocycles. The maximum Gasteiger partial charge on any atom is 2.00 e. The molecule has 0 radical (unpaired) electrons. The fourth-order valence-corrected chi connectivity index (χ4v) is 6.97. The van der Waals surface area contributed by atoms with Gasteiger partial charge >= 0.3 is 16.5 Å². The van der Waals surface area contributed by atoms with Crippen LogP contribution in [0.25, 0.3) is 90.9 Å². The van der Waals surface area contributed by atoms with Crippen LogP contribution in [-0.4, -0.2) is 19.9 Å². The smallest absolute Gasteiger partial charge is 0.354 e. The van der Waals surface area contributed by atoms with E-state index in [0.717, 1.165) is 89.4 Å². The number of benzene rings is 2. The molecule has 0 atom stereocenters. The molecule has 7 heteroatoms. The summed E-state index contributed by atoms with van der Waals surface area (Å²) in [6.45, 7) is 0. The van der Waals surface area contributed by atoms with Gasteiger partial charge in [0, 0.05) is 68.6 Å². The molecule has 2 aliphatic rings. The molecule has 6 nitrogen and oxygen atoms in total. The Kier molecular flexibility index (Phi) is 8.35. The zero-order valence-electron chi connectivity index (χ0n) is 28.1. The summed E-state index contributed by atoms with van der Waals surface area (Å²) in [4.78, 5) is 18.4. The number of hydrogen-bond donors (Lipinski definition) is 2. The summed E-state index contributed by atoms with van der Waals surface area (Å²) in [6.07, 6.45) is 16.8. The molecule has 0 unspecified atom stereocenters. The number of H-pyrrole nitrogens is 2. The number of fused-ring (bicyclic) bond motifs is 8. The van der Waals surface area contributed by atoms with E-state index in [9.17, 15) is 0 Å². The summed E-state index contributed by atoms with van der Waals surface area (Å²) in [6, 6.07) is 38.3. The van der Waals surface area contributed by atoms with Crippen molar-refractivity contribution in [2.75, 3.05) is 0 Å². The minimum atomic E-state index is 0. The number of aromatic amines is 2. The Morgan fingerprint density at radius 3 is 1.10 bits per heavy atom. The first-order valence-electron chi connectivity index (χ1n) is 16.8. The van der Waals surface area contributed by atoms with Gasteiger partial charge in [0.1, 0.15) is 14.1 Å². The van der Waals surface area contributed by atoms with Crippen molar-refractivity contribution in [3.05, 3.63) is 157 Å². The maximum absolute atomic E-state index is 5.37. The summed E-state index contributed by atoms with van der Waals surface area (Å²) < 4.78 is 4.09. The third-order valence-corrected chi connectivity index (χ3v) is 9.41. The van der Waals surface area contributed by atoms with Crippen molar-refractivity contribution < 1.29 is 25.6 Å². The molecule has 0 fully saturated rings. The van der Waals surface area contributed by atoms with Gasteiger partial charge in [-0.2, -0.15) is 0 Å². The molecule has 7 heterocycles. The van der Waals surface area contributed by atoms with Crippen LogP contribution in [-0.2, 0) is 30.6 Å². The quantitative estimate of drug-likeness (QED) is 0.142. The minimum absolute atomic E-state index is 0. The standard InChI is InChI=1S/C44H33N6.Ni/c1-49-25-21-31(22-26-49)43-37-17-15-35(46-37)41(29-9-5-3-6-10-29)33-13-14-34(45-33)42(30-11-7-4-8-12-30)36-16-18-38(47-36)44(40-20-19-39(43)48-40)32-23-27-50(2)28-24-32;/h3-28H,1-2H3,(H,45,46,47,48);/q+1;+2/p+1. The molecule has 9 rings (SSSR count). The van der Waals surface area contributed by atoms with E-state index in [-0.39, 0.29) is 16.5 Å². The third-order valence-electron chi connectivity index (χ3n) is 9.41. The Labute approximate surface area is 306 Å². The van der Waals surface area contributed by atoms with Crippen LogP contribution in [0.2, 0.25) is 0 Å². The molecular weight excluding hydrogens is 671 g/mol. The van der Waals surface area contributed by atoms with Crippen LogP contribution in [0.4, 0.5) is 0 Å². The molecule has 2 aromatic carbocycles. The fraction of sp³-hybridized carbons (Fsp3) is 0.0455. The zero-order chi connectivity index (χ0) is 33.6. The second kappa shape index (κ2) is 13.3. The van der Waals surface area contributed by atoms with Gasteiger partial charge in [-0.3, -0.25) is 0 Å². The predicted octanol–water partition coefficient (Wildman–Crippen LogP) is 8.97. The Morgan fingerprint density at radius 2 is 0.686 bits per heavy atom. The molecule has 8 bridgehead atoms. The van der Waals surface area contributed by atoms with Crippen molar-refractivity contribution in [1.82, 2.24) is 19.9 Å². The van der Waals surface area contributed by atoms with E-state index in [0.29, 0.717) is 0 Å². The predicted molar refractivity (Wildman–Crippen MR) is 203 cm³/mol. The van der Waals surface area contributed by atoms with E-state index in [4.69, 9.17) is 9.97 Å². The minimum Gasteiger partial charge on any atom is -0.354 e. The van der Waals surface area contributed by atoms with Crippen LogP contribution in [0.5, 0.6) is 0 Å². The van der Waals surface area contributed by atoms with Crippen LogP contribution >= 0.6 is 0 Å². The van der Waals surface area contributed by atoms with Gasteiger partial charge in [-0.25, -0.2) is 19.1 Å². The first-order chi connectivity index (χ1) is 24.6. The summed E-state index contributed by atoms with van der Waals surface area (Å²) >= 11 is 0. The summed E-state index contributed by atoms with van der Waals surface area (Å²) in [5.74, 6) is 0. The second-order valence-electron chi connectivity index (χ2n) is 12.7. The number of nitrogens with zero attached hydrogens (tertiary/aromatic N) is 4. The number of nitrogens with one attached hydrogen (secondary N) is 2. The molecule has 246 valence electrons. The van der Waals surface area contributed by atoms with Gasteiger partial charge in [0.2, 0.25) is 0 Å². The van der Waals surface area contributed by atoms with E-state index in [2.05, 4.69) is 162 Å². The Hall–Kier alpha value is -6.17. The van der Waals surface area contributed by atoms with Crippen molar-refractivity contribution in [1.29, 1.82) is 0 Å². The number of rotatable bonds is 4. The third kappa shape index (κ3) is 5.92. The molecule has 2 N–H and O–H groups in total. The Balaban J connectivity index is 0.00000374. The SMILES string of the molecule is C[n+]1ccc(-c2c3nc(c(-c4ccccc4)c4ccc([nH]4)c(-c4ccccc4)c4ccc([nH]4)c(-c4cc[n+](C)cc4)c4nc2C=C4)C=C3)cc1.[Ni+2]. The van der Waals surface area contributed by atoms with Gasteiger partial charge < -0.3 is 9.97 Å². The Bertz CT molecular complexity index is 2630. The fourth-order valence-electron chi connectivity index (χ4n) is 6.97. The van der Waals surface area contributed by atoms with E-state index in [1.165, 1.54) is 0 Å². The van der Waals surface area contributed by atoms with Crippen molar-refractivity contribution in [2.24, 2.45) is 14.1 Å². The van der Waals surface area contributed by atoms with Crippen LogP contribution in [0.15, 0.2) is 134 Å². The van der Waals surface area contributed by atoms with Gasteiger partial charge in [0.25, 0.3) is 0 Å². The van der Waals surface area contributed by atoms with Gasteiger partial charge in [0.15, 0.2) is 24.8 Å². The number of pyridine rings is 2. The van der Waals surface area contributed by atoms with Crippen LogP contribution in [0.3, 0.4) is 0 Å². The molecule has 5 aromatic heterocycles. The molecule has 0 saturated heterocycles. The van der Waals surface area contributed by atoms with Gasteiger partial charge in [-0.15, -0.1) is 0 Å². The summed E-state index contributed by atoms with van der Waals surface area (Å²) in [7, 11) is 4.07. The molecule has 2 aliphatic heterocycles. The monoisotopic (exact) mass is 704 g/mol. The average Bonchev–Trinajstić information content (AvgIpc) is 3.98. The van der Waals surface area contributed by atoms with E-state index < -0.39 is 0 Å². The van der Waals surface area contributed by atoms with Crippen molar-refractivity contribution >= 4 is 46.4 Å². The van der Waals surface area contributed by atoms with E-state index in [1.807, 2.05) is 29.3 Å². The molecule has 51 heavy (non-hydrogen) atoms. The average molecular weight is 705 g/mol. The molecule has 0 saturated carbocycles. The van der Waals surface area contributed by atoms with E-state index in [1.54, 1.807) is 0 Å². The first kappa shape index (κ1) is 32.1. The summed E-state index contributed by atoms with van der Waals surface area (Å²) in [5.41, 5.74) is 16.0. The second-order valence-corrected chi connectivity index (χ2v) is 12.7. The molecule has 0 spiro atoms. The van der Waals surface area contributed by atoms with Crippen LogP contribution < -0.4 is 9.13 Å². The topological polar surface area (TPSA) is 65.1 Å². The molecule has 7 aromatic rings. The van der Waals surface area contributed by atoms with Gasteiger partial charge in [-0.1, -0.05) is 60.7 Å². The first-order valence-corrected chi connectivity index (χ1v) is 16.8. The van der Waals surface area contributed by atoms with Gasteiger partial charge in [-0.05, 0) is 70.8 Å². The Morgan fingerprint density at radius 1 is 0.373 bits per heavy atom. The summed E-state index contributed by atoms with van der Waals surface area (Å²) in [5, 5.41) is 0. The maximum atomic E-state index is 5.37.